The predicted octanol–water partition coefficient (Wildman–Crippen LogP) is 4.78. The maximum Gasteiger partial charge on any atom is 0.338 e. The molecular weight excluding hydrogens is 552 g/mol. The Kier molecular flexibility index (Phi) is 8.88. The van der Waals surface area contributed by atoms with E-state index in [0.29, 0.717) is 51.1 Å². The van der Waals surface area contributed by atoms with Gasteiger partial charge in [-0.05, 0) is 67.8 Å². The number of allylic oxidation sites excluding steroid dienone is 1. The van der Waals surface area contributed by atoms with Crippen molar-refractivity contribution >= 4 is 23.4 Å². The molecule has 0 aliphatic carbocycles. The molecule has 1 aliphatic heterocycles. The summed E-state index contributed by atoms with van der Waals surface area (Å²) in [5.41, 5.74) is 3.17. The molecule has 0 spiro atoms. The van der Waals surface area contributed by atoms with Gasteiger partial charge >= 0.3 is 5.97 Å². The van der Waals surface area contributed by atoms with Crippen LogP contribution >= 0.6 is 11.3 Å². The van der Waals surface area contributed by atoms with Gasteiger partial charge in [-0.25, -0.2) is 9.79 Å². The van der Waals surface area contributed by atoms with E-state index in [1.54, 1.807) is 37.7 Å². The second-order valence-electron chi connectivity index (χ2n) is 9.49. The zero-order chi connectivity index (χ0) is 29.6. The second kappa shape index (κ2) is 12.9. The van der Waals surface area contributed by atoms with E-state index in [9.17, 15) is 9.59 Å². The van der Waals surface area contributed by atoms with Crippen molar-refractivity contribution in [3.63, 3.8) is 0 Å². The van der Waals surface area contributed by atoms with Crippen LogP contribution in [0.2, 0.25) is 0 Å². The maximum atomic E-state index is 13.9. The number of ether oxygens (including phenoxy) is 4. The molecule has 0 unspecified atom stereocenters. The minimum Gasteiger partial charge on any atom is -0.497 e. The van der Waals surface area contributed by atoms with Crippen LogP contribution in [0.5, 0.6) is 17.2 Å². The molecule has 5 rings (SSSR count). The van der Waals surface area contributed by atoms with Crippen LogP contribution < -0.4 is 29.1 Å². The molecule has 1 atom stereocenters. The van der Waals surface area contributed by atoms with Crippen LogP contribution in [-0.2, 0) is 16.1 Å². The van der Waals surface area contributed by atoms with Crippen LogP contribution in [0.25, 0.3) is 6.08 Å². The van der Waals surface area contributed by atoms with Gasteiger partial charge in [0.2, 0.25) is 0 Å². The number of methoxy groups -OCH3 is 1. The van der Waals surface area contributed by atoms with Gasteiger partial charge in [0.15, 0.2) is 16.3 Å². The van der Waals surface area contributed by atoms with Crippen molar-refractivity contribution in [2.24, 2.45) is 4.99 Å². The Morgan fingerprint density at radius 3 is 2.43 bits per heavy atom. The van der Waals surface area contributed by atoms with Crippen LogP contribution in [0.3, 0.4) is 0 Å². The molecule has 0 N–H and O–H groups in total. The van der Waals surface area contributed by atoms with Crippen LogP contribution in [-0.4, -0.2) is 30.9 Å². The van der Waals surface area contributed by atoms with Crippen molar-refractivity contribution in [2.75, 3.05) is 20.3 Å². The van der Waals surface area contributed by atoms with Gasteiger partial charge in [-0.15, -0.1) is 0 Å². The van der Waals surface area contributed by atoms with Crippen molar-refractivity contribution in [3.05, 3.63) is 120 Å². The predicted molar refractivity (Wildman–Crippen MR) is 162 cm³/mol. The summed E-state index contributed by atoms with van der Waals surface area (Å²) >= 11 is 1.27. The molecule has 1 aliphatic rings. The van der Waals surface area contributed by atoms with Crippen LogP contribution in [0, 0.1) is 0 Å². The Morgan fingerprint density at radius 1 is 0.976 bits per heavy atom. The summed E-state index contributed by atoms with van der Waals surface area (Å²) in [5.74, 6) is 1.38. The highest BCUT2D eigenvalue weighted by molar-refractivity contribution is 7.07. The van der Waals surface area contributed by atoms with Gasteiger partial charge in [-0.2, -0.15) is 0 Å². The molecule has 2 heterocycles. The first-order chi connectivity index (χ1) is 20.4. The van der Waals surface area contributed by atoms with E-state index in [-0.39, 0.29) is 12.2 Å². The number of hydrogen-bond donors (Lipinski definition) is 0. The molecule has 42 heavy (non-hydrogen) atoms. The third-order valence-corrected chi connectivity index (χ3v) is 7.73. The summed E-state index contributed by atoms with van der Waals surface area (Å²) in [6, 6.07) is 22.1. The van der Waals surface area contributed by atoms with Crippen molar-refractivity contribution < 1.29 is 23.7 Å². The highest BCUT2D eigenvalue weighted by Gasteiger charge is 2.33. The number of nitrogens with zero attached hydrogens (tertiary/aromatic N) is 2. The smallest absolute Gasteiger partial charge is 0.338 e. The first-order valence-electron chi connectivity index (χ1n) is 13.7. The van der Waals surface area contributed by atoms with Gasteiger partial charge in [-0.3, -0.25) is 9.36 Å². The topological polar surface area (TPSA) is 88.4 Å². The third kappa shape index (κ3) is 6.01. The lowest BCUT2D eigenvalue weighted by atomic mass is 9.96. The molecule has 216 valence electrons. The molecule has 0 amide bonds. The highest BCUT2D eigenvalue weighted by Crippen LogP contribution is 2.32. The maximum absolute atomic E-state index is 13.9. The summed E-state index contributed by atoms with van der Waals surface area (Å²) in [4.78, 5) is 32.2. The molecule has 4 aromatic rings. The fraction of sp³-hybridized carbons (Fsp3) is 0.242. The lowest BCUT2D eigenvalue weighted by Crippen LogP contribution is -2.39. The number of carbonyl (C=O) groups is 1. The molecule has 0 fully saturated rings. The number of hydrogen-bond acceptors (Lipinski definition) is 8. The molecule has 0 radical (unpaired) electrons. The van der Waals surface area contributed by atoms with E-state index >= 15 is 0 Å². The van der Waals surface area contributed by atoms with Crippen LogP contribution in [0.15, 0.2) is 93.9 Å². The van der Waals surface area contributed by atoms with Gasteiger partial charge in [-0.1, -0.05) is 59.9 Å². The molecule has 9 heteroatoms. The normalized spacial score (nSPS) is 14.7. The first-order valence-corrected chi connectivity index (χ1v) is 14.5. The molecule has 0 saturated heterocycles. The van der Waals surface area contributed by atoms with E-state index < -0.39 is 12.0 Å². The Hall–Kier alpha value is -4.63. The zero-order valence-corrected chi connectivity index (χ0v) is 24.8. The van der Waals surface area contributed by atoms with Gasteiger partial charge in [0, 0.05) is 0 Å². The van der Waals surface area contributed by atoms with Gasteiger partial charge < -0.3 is 18.9 Å². The lowest BCUT2D eigenvalue weighted by Gasteiger charge is -2.24. The van der Waals surface area contributed by atoms with E-state index in [2.05, 4.69) is 4.99 Å². The van der Waals surface area contributed by atoms with Crippen molar-refractivity contribution in [1.29, 1.82) is 0 Å². The summed E-state index contributed by atoms with van der Waals surface area (Å²) in [6.07, 6.45) is 1.81. The minimum atomic E-state index is -0.693. The molecular formula is C33H32N2O6S. The number of aromatic nitrogens is 1. The average molecular weight is 585 g/mol. The van der Waals surface area contributed by atoms with E-state index in [1.165, 1.54) is 11.3 Å². The number of esters is 1. The molecule has 8 nitrogen and oxygen atoms in total. The first kappa shape index (κ1) is 28.9. The van der Waals surface area contributed by atoms with E-state index in [0.717, 1.165) is 16.7 Å². The standard InChI is InChI=1S/C33H32N2O6S/c1-5-39-27-18-23(12-17-26(27)41-20-22-10-8-7-9-11-22)19-28-31(36)35-30(24-13-15-25(38-4)16-14-24)29(32(37)40-6-2)21(3)34-33(35)42-28/h7-19,30H,5-6,20H2,1-4H3/t30-/m1/s1. The average Bonchev–Trinajstić information content (AvgIpc) is 3.30. The summed E-state index contributed by atoms with van der Waals surface area (Å²) in [5, 5.41) is 0. The Bertz CT molecular complexity index is 1790. The molecule has 0 saturated carbocycles. The Balaban J connectivity index is 1.56. The quantitative estimate of drug-likeness (QED) is 0.249. The molecule has 1 aromatic heterocycles. The van der Waals surface area contributed by atoms with E-state index in [4.69, 9.17) is 18.9 Å². The van der Waals surface area contributed by atoms with Crippen LogP contribution in [0.1, 0.15) is 43.5 Å². The lowest BCUT2D eigenvalue weighted by molar-refractivity contribution is -0.139. The molecule has 3 aromatic carbocycles. The summed E-state index contributed by atoms with van der Waals surface area (Å²) in [7, 11) is 1.59. The van der Waals surface area contributed by atoms with Gasteiger partial charge in [0.25, 0.3) is 5.56 Å². The van der Waals surface area contributed by atoms with Crippen molar-refractivity contribution in [1.82, 2.24) is 4.57 Å². The number of rotatable bonds is 10. The van der Waals surface area contributed by atoms with Crippen LogP contribution in [0.4, 0.5) is 0 Å². The van der Waals surface area contributed by atoms with Gasteiger partial charge in [0.1, 0.15) is 12.4 Å². The number of fused-ring (bicyclic) bond motifs is 1. The molecule has 0 bridgehead atoms. The second-order valence-corrected chi connectivity index (χ2v) is 10.5. The zero-order valence-electron chi connectivity index (χ0n) is 24.0. The van der Waals surface area contributed by atoms with E-state index in [1.807, 2.05) is 73.7 Å². The number of thiazole rings is 1. The summed E-state index contributed by atoms with van der Waals surface area (Å²) < 4.78 is 24.6. The minimum absolute atomic E-state index is 0.211. The summed E-state index contributed by atoms with van der Waals surface area (Å²) in [6.45, 7) is 6.51. The Morgan fingerprint density at radius 2 is 1.74 bits per heavy atom. The van der Waals surface area contributed by atoms with Crippen molar-refractivity contribution in [2.45, 2.75) is 33.4 Å². The SMILES string of the molecule is CCOC(=O)C1=C(C)N=c2sc(=Cc3ccc(OCc4ccccc4)c(OCC)c3)c(=O)n2[C@@H]1c1ccc(OC)cc1. The fourth-order valence-corrected chi connectivity index (χ4v) is 5.83. The fourth-order valence-electron chi connectivity index (χ4n) is 4.78. The van der Waals surface area contributed by atoms with Gasteiger partial charge in [0.05, 0.1) is 42.2 Å². The number of carbonyl (C=O) groups excluding carboxylic acids is 1. The third-order valence-electron chi connectivity index (χ3n) is 6.75. The number of benzene rings is 3. The Labute approximate surface area is 247 Å². The van der Waals surface area contributed by atoms with Crippen molar-refractivity contribution in [3.8, 4) is 17.2 Å². The highest BCUT2D eigenvalue weighted by atomic mass is 32.1. The monoisotopic (exact) mass is 584 g/mol. The largest absolute Gasteiger partial charge is 0.497 e.